The number of carbonyl (C=O) groups excluding carboxylic acids is 3. The number of amides is 1. The molecule has 1 fully saturated rings. The highest BCUT2D eigenvalue weighted by Crippen LogP contribution is 2.53. The number of ketones is 2. The van der Waals surface area contributed by atoms with Crippen LogP contribution in [0.2, 0.25) is 0 Å². The fourth-order valence-corrected chi connectivity index (χ4v) is 6.69. The SMILES string of the molecule is CN(C)[C@@H]1C(=O)C(C(N)=O)=C(O)[C@@]2(O)C(=O)C3=C(O)c4c(O)ccc(-c5ccc(CNCCC#N)cc5)c4C[C@@H]3C[C@@H]12. The first-order valence-corrected chi connectivity index (χ1v) is 13.6. The molecule has 42 heavy (non-hydrogen) atoms. The number of Topliss-reactive ketones (excluding diaryl/α,β-unsaturated/α-hetero) is 2. The molecule has 7 N–H and O–H groups in total. The Bertz CT molecular complexity index is 1600. The van der Waals surface area contributed by atoms with Crippen LogP contribution >= 0.6 is 0 Å². The molecule has 11 heteroatoms. The Morgan fingerprint density at radius 2 is 1.83 bits per heavy atom. The Kier molecular flexibility index (Phi) is 7.41. The number of primary amides is 1. The number of aliphatic hydroxyl groups is 3. The molecule has 2 aromatic carbocycles. The third-order valence-electron chi connectivity index (χ3n) is 8.61. The number of aliphatic hydroxyl groups excluding tert-OH is 2. The largest absolute Gasteiger partial charge is 0.508 e. The van der Waals surface area contributed by atoms with Crippen molar-refractivity contribution in [3.8, 4) is 22.9 Å². The fourth-order valence-electron chi connectivity index (χ4n) is 6.69. The molecule has 0 saturated heterocycles. The monoisotopic (exact) mass is 572 g/mol. The van der Waals surface area contributed by atoms with E-state index in [1.54, 1.807) is 20.2 Å². The van der Waals surface area contributed by atoms with Gasteiger partial charge in [0.25, 0.3) is 5.91 Å². The highest BCUT2D eigenvalue weighted by Gasteiger charge is 2.64. The molecule has 4 atom stereocenters. The first kappa shape index (κ1) is 29.0. The lowest BCUT2D eigenvalue weighted by Gasteiger charge is -2.50. The maximum absolute atomic E-state index is 14.0. The summed E-state index contributed by atoms with van der Waals surface area (Å²) in [5.41, 5.74) is 4.86. The van der Waals surface area contributed by atoms with Gasteiger partial charge in [0, 0.05) is 31.0 Å². The van der Waals surface area contributed by atoms with Crippen molar-refractivity contribution in [3.05, 3.63) is 70.0 Å². The van der Waals surface area contributed by atoms with Crippen LogP contribution in [0.25, 0.3) is 16.9 Å². The highest BCUT2D eigenvalue weighted by molar-refractivity contribution is 6.24. The van der Waals surface area contributed by atoms with Gasteiger partial charge in [-0.25, -0.2) is 0 Å². The summed E-state index contributed by atoms with van der Waals surface area (Å²) in [4.78, 5) is 40.8. The molecular weight excluding hydrogens is 540 g/mol. The average molecular weight is 573 g/mol. The quantitative estimate of drug-likeness (QED) is 0.209. The first-order valence-electron chi connectivity index (χ1n) is 13.6. The average Bonchev–Trinajstić information content (AvgIpc) is 2.93. The molecule has 3 aliphatic rings. The number of likely N-dealkylation sites (N-methyl/N-ethyl adjacent to an activating group) is 1. The van der Waals surface area contributed by atoms with Crippen LogP contribution in [0.5, 0.6) is 5.75 Å². The van der Waals surface area contributed by atoms with Crippen LogP contribution in [0.1, 0.15) is 29.5 Å². The minimum atomic E-state index is -2.67. The van der Waals surface area contributed by atoms with Crippen LogP contribution in [0.3, 0.4) is 0 Å². The number of phenolic OH excluding ortho intramolecular Hbond substituents is 1. The molecule has 0 heterocycles. The summed E-state index contributed by atoms with van der Waals surface area (Å²) in [6, 6.07) is 11.8. The van der Waals surface area contributed by atoms with Crippen LogP contribution in [0.4, 0.5) is 0 Å². The molecule has 0 radical (unpaired) electrons. The molecular formula is C31H32N4O7. The zero-order valence-electron chi connectivity index (χ0n) is 23.2. The number of hydrogen-bond donors (Lipinski definition) is 6. The third kappa shape index (κ3) is 4.36. The maximum Gasteiger partial charge on any atom is 0.255 e. The summed E-state index contributed by atoms with van der Waals surface area (Å²) in [5.74, 6) is -6.80. The van der Waals surface area contributed by atoms with Crippen molar-refractivity contribution in [2.75, 3.05) is 20.6 Å². The van der Waals surface area contributed by atoms with Crippen molar-refractivity contribution in [2.24, 2.45) is 17.6 Å². The van der Waals surface area contributed by atoms with Gasteiger partial charge in [-0.3, -0.25) is 19.3 Å². The fraction of sp³-hybridized carbons (Fsp3) is 0.355. The van der Waals surface area contributed by atoms with E-state index < -0.39 is 58.0 Å². The molecule has 11 nitrogen and oxygen atoms in total. The van der Waals surface area contributed by atoms with E-state index >= 15 is 0 Å². The molecule has 2 aromatic rings. The molecule has 0 spiro atoms. The van der Waals surface area contributed by atoms with Crippen LogP contribution in [-0.2, 0) is 27.3 Å². The molecule has 1 saturated carbocycles. The summed E-state index contributed by atoms with van der Waals surface area (Å²) in [6.07, 6.45) is 0.633. The first-order chi connectivity index (χ1) is 19.9. The van der Waals surface area contributed by atoms with Gasteiger partial charge in [0.15, 0.2) is 11.4 Å². The molecule has 5 rings (SSSR count). The number of rotatable bonds is 7. The number of nitrogens with one attached hydrogen (secondary N) is 1. The summed E-state index contributed by atoms with van der Waals surface area (Å²) in [6.45, 7) is 1.16. The number of nitrogens with zero attached hydrogens (tertiary/aromatic N) is 2. The number of hydrogen-bond acceptors (Lipinski definition) is 10. The molecule has 0 bridgehead atoms. The van der Waals surface area contributed by atoms with E-state index in [2.05, 4.69) is 11.4 Å². The number of nitriles is 1. The van der Waals surface area contributed by atoms with Gasteiger partial charge in [-0.05, 0) is 61.2 Å². The van der Waals surface area contributed by atoms with Gasteiger partial charge >= 0.3 is 0 Å². The normalized spacial score (nSPS) is 25.2. The van der Waals surface area contributed by atoms with Crippen molar-refractivity contribution in [3.63, 3.8) is 0 Å². The number of aromatic hydroxyl groups is 1. The van der Waals surface area contributed by atoms with E-state index in [1.165, 1.54) is 11.0 Å². The summed E-state index contributed by atoms with van der Waals surface area (Å²) < 4.78 is 0. The van der Waals surface area contributed by atoms with Gasteiger partial charge in [0.1, 0.15) is 22.8 Å². The summed E-state index contributed by atoms with van der Waals surface area (Å²) in [7, 11) is 3.12. The lowest BCUT2D eigenvalue weighted by atomic mass is 9.57. The lowest BCUT2D eigenvalue weighted by molar-refractivity contribution is -0.153. The number of benzene rings is 2. The van der Waals surface area contributed by atoms with E-state index in [9.17, 15) is 34.8 Å². The number of carbonyl (C=O) groups is 3. The Morgan fingerprint density at radius 1 is 1.14 bits per heavy atom. The van der Waals surface area contributed by atoms with Crippen LogP contribution in [0.15, 0.2) is 53.3 Å². The van der Waals surface area contributed by atoms with E-state index in [0.717, 1.165) is 16.7 Å². The summed E-state index contributed by atoms with van der Waals surface area (Å²) in [5, 5.41) is 56.8. The minimum absolute atomic E-state index is 0.0220. The van der Waals surface area contributed by atoms with Crippen LogP contribution in [0, 0.1) is 23.2 Å². The second-order valence-corrected chi connectivity index (χ2v) is 11.2. The zero-order chi connectivity index (χ0) is 30.5. The Hall–Kier alpha value is -4.50. The van der Waals surface area contributed by atoms with Gasteiger partial charge in [0.05, 0.1) is 17.7 Å². The molecule has 0 aliphatic heterocycles. The Labute approximate surface area is 242 Å². The number of nitrogens with two attached hydrogens (primary N) is 1. The van der Waals surface area contributed by atoms with Crippen molar-refractivity contribution in [1.29, 1.82) is 5.26 Å². The van der Waals surface area contributed by atoms with E-state index in [1.807, 2.05) is 24.3 Å². The molecule has 1 amide bonds. The van der Waals surface area contributed by atoms with Crippen molar-refractivity contribution in [2.45, 2.75) is 37.5 Å². The van der Waals surface area contributed by atoms with Gasteiger partial charge in [-0.15, -0.1) is 0 Å². The van der Waals surface area contributed by atoms with Crippen molar-refractivity contribution < 1.29 is 34.8 Å². The third-order valence-corrected chi connectivity index (χ3v) is 8.61. The number of phenols is 1. The minimum Gasteiger partial charge on any atom is -0.508 e. The van der Waals surface area contributed by atoms with E-state index in [-0.39, 0.29) is 29.7 Å². The lowest BCUT2D eigenvalue weighted by Crippen LogP contribution is -2.65. The zero-order valence-corrected chi connectivity index (χ0v) is 23.2. The Morgan fingerprint density at radius 3 is 2.45 bits per heavy atom. The van der Waals surface area contributed by atoms with Crippen molar-refractivity contribution >= 4 is 23.2 Å². The van der Waals surface area contributed by atoms with E-state index in [0.29, 0.717) is 25.1 Å². The number of fused-ring (bicyclic) bond motifs is 3. The van der Waals surface area contributed by atoms with E-state index in [4.69, 9.17) is 11.0 Å². The van der Waals surface area contributed by atoms with Gasteiger partial charge in [-0.2, -0.15) is 5.26 Å². The van der Waals surface area contributed by atoms with Crippen LogP contribution in [-0.4, -0.2) is 75.1 Å². The summed E-state index contributed by atoms with van der Waals surface area (Å²) >= 11 is 0. The van der Waals surface area contributed by atoms with Gasteiger partial charge in [-0.1, -0.05) is 30.3 Å². The van der Waals surface area contributed by atoms with Gasteiger partial charge in [0.2, 0.25) is 5.78 Å². The predicted octanol–water partition coefficient (Wildman–Crippen LogP) is 1.63. The standard InChI is InChI=1S/C31H32N4O7/c1-35(2)25-20-13-17-12-19-18(16-6-4-15(5-7-16)14-34-11-3-10-32)8-9-21(36)23(19)26(37)22(17)28(39)31(20,42)29(40)24(27(25)38)30(33)41/h4-9,17,20,25,34,36-37,40,42H,3,11-14H2,1-2H3,(H2,33,41)/t17-,20+,25+,31+/m1/s1. The second kappa shape index (κ2) is 10.7. The predicted molar refractivity (Wildman–Crippen MR) is 152 cm³/mol. The van der Waals surface area contributed by atoms with Gasteiger partial charge < -0.3 is 31.5 Å². The second-order valence-electron chi connectivity index (χ2n) is 11.2. The molecule has 0 aromatic heterocycles. The van der Waals surface area contributed by atoms with Crippen molar-refractivity contribution in [1.82, 2.24) is 10.2 Å². The maximum atomic E-state index is 14.0. The molecule has 3 aliphatic carbocycles. The molecule has 0 unspecified atom stereocenters. The highest BCUT2D eigenvalue weighted by atomic mass is 16.3. The Balaban J connectivity index is 1.60. The topological polar surface area (TPSA) is 197 Å². The van der Waals surface area contributed by atoms with Crippen LogP contribution < -0.4 is 11.1 Å². The molecule has 218 valence electrons. The smallest absolute Gasteiger partial charge is 0.255 e.